The number of hydrogen-bond donors (Lipinski definition) is 1. The molecule has 1 aromatic rings. The molecule has 17 heavy (non-hydrogen) atoms. The summed E-state index contributed by atoms with van der Waals surface area (Å²) < 4.78 is 2.09. The van der Waals surface area contributed by atoms with Crippen molar-refractivity contribution < 1.29 is 9.90 Å². The highest BCUT2D eigenvalue weighted by atomic mass is 32.2. The van der Waals surface area contributed by atoms with E-state index in [0.717, 1.165) is 17.0 Å². The second kappa shape index (κ2) is 4.33. The van der Waals surface area contributed by atoms with Gasteiger partial charge >= 0.3 is 5.97 Å². The van der Waals surface area contributed by atoms with Crippen molar-refractivity contribution in [2.75, 3.05) is 5.75 Å². The van der Waals surface area contributed by atoms with Gasteiger partial charge in [0, 0.05) is 6.04 Å². The van der Waals surface area contributed by atoms with Crippen molar-refractivity contribution in [2.45, 2.75) is 36.9 Å². The highest BCUT2D eigenvalue weighted by molar-refractivity contribution is 7.99. The van der Waals surface area contributed by atoms with Gasteiger partial charge in [-0.25, -0.2) is 0 Å². The molecule has 3 unspecified atom stereocenters. The number of carboxylic acids is 1. The van der Waals surface area contributed by atoms with Crippen LogP contribution in [-0.4, -0.2) is 31.6 Å². The van der Waals surface area contributed by atoms with Crippen LogP contribution in [0.4, 0.5) is 0 Å². The average molecular weight is 253 g/mol. The fourth-order valence-corrected chi connectivity index (χ4v) is 3.93. The zero-order valence-corrected chi connectivity index (χ0v) is 10.3. The maximum absolute atomic E-state index is 10.6. The van der Waals surface area contributed by atoms with E-state index >= 15 is 0 Å². The number of thioether (sulfide) groups is 1. The van der Waals surface area contributed by atoms with Crippen molar-refractivity contribution in [3.8, 4) is 0 Å². The van der Waals surface area contributed by atoms with Gasteiger partial charge in [0.05, 0.1) is 5.75 Å². The Morgan fingerprint density at radius 2 is 2.41 bits per heavy atom. The van der Waals surface area contributed by atoms with Gasteiger partial charge in [-0.05, 0) is 31.1 Å². The minimum Gasteiger partial charge on any atom is -0.481 e. The third kappa shape index (κ3) is 2.06. The van der Waals surface area contributed by atoms with Gasteiger partial charge in [-0.2, -0.15) is 0 Å². The molecule has 92 valence electrons. The molecule has 1 heterocycles. The molecule has 3 rings (SSSR count). The van der Waals surface area contributed by atoms with Gasteiger partial charge < -0.3 is 9.67 Å². The Labute approximate surface area is 104 Å². The lowest BCUT2D eigenvalue weighted by molar-refractivity contribution is -0.133. The molecule has 2 saturated carbocycles. The number of rotatable bonds is 4. The van der Waals surface area contributed by atoms with E-state index in [9.17, 15) is 4.79 Å². The number of aliphatic carboxylic acids is 1. The molecule has 0 aliphatic heterocycles. The number of aromatic nitrogens is 3. The topological polar surface area (TPSA) is 68.0 Å². The number of carboxylic acid groups (broad SMARTS) is 1. The van der Waals surface area contributed by atoms with Gasteiger partial charge in [-0.1, -0.05) is 18.2 Å². The third-order valence-electron chi connectivity index (χ3n) is 3.92. The number of hydrogen-bond acceptors (Lipinski definition) is 4. The summed E-state index contributed by atoms with van der Waals surface area (Å²) in [6.07, 6.45) is 6.96. The molecule has 0 spiro atoms. The molecule has 3 atom stereocenters. The predicted octanol–water partition coefficient (Wildman–Crippen LogP) is 1.82. The summed E-state index contributed by atoms with van der Waals surface area (Å²) in [4.78, 5) is 10.6. The van der Waals surface area contributed by atoms with Crippen molar-refractivity contribution in [3.63, 3.8) is 0 Å². The lowest BCUT2D eigenvalue weighted by Gasteiger charge is -2.23. The van der Waals surface area contributed by atoms with Crippen LogP contribution in [-0.2, 0) is 4.79 Å². The van der Waals surface area contributed by atoms with Gasteiger partial charge in [0.15, 0.2) is 5.16 Å². The Bertz CT molecular complexity index is 434. The molecular weight excluding hydrogens is 238 g/mol. The zero-order chi connectivity index (χ0) is 11.8. The van der Waals surface area contributed by atoms with Gasteiger partial charge in [0.1, 0.15) is 6.33 Å². The van der Waals surface area contributed by atoms with Crippen molar-refractivity contribution in [1.29, 1.82) is 0 Å². The van der Waals surface area contributed by atoms with Crippen LogP contribution < -0.4 is 0 Å². The average Bonchev–Trinajstić information content (AvgIpc) is 3.01. The van der Waals surface area contributed by atoms with Gasteiger partial charge in [0.25, 0.3) is 0 Å². The van der Waals surface area contributed by atoms with Gasteiger partial charge in [-0.15, -0.1) is 10.2 Å². The van der Waals surface area contributed by atoms with Crippen molar-refractivity contribution >= 4 is 17.7 Å². The molecule has 0 saturated heterocycles. The predicted molar refractivity (Wildman–Crippen MR) is 62.9 cm³/mol. The first-order valence-electron chi connectivity index (χ1n) is 5.98. The highest BCUT2D eigenvalue weighted by Crippen LogP contribution is 2.51. The lowest BCUT2D eigenvalue weighted by Crippen LogP contribution is -2.16. The van der Waals surface area contributed by atoms with Crippen LogP contribution in [0.25, 0.3) is 0 Å². The van der Waals surface area contributed by atoms with Gasteiger partial charge in [0.2, 0.25) is 0 Å². The van der Waals surface area contributed by atoms with E-state index in [1.54, 1.807) is 6.33 Å². The summed E-state index contributed by atoms with van der Waals surface area (Å²) in [5, 5.41) is 17.4. The van der Waals surface area contributed by atoms with Crippen LogP contribution in [0.2, 0.25) is 0 Å². The van der Waals surface area contributed by atoms with Crippen LogP contribution in [0.3, 0.4) is 0 Å². The maximum atomic E-state index is 10.6. The number of carbonyl (C=O) groups is 1. The summed E-state index contributed by atoms with van der Waals surface area (Å²) in [5.41, 5.74) is 0. The Kier molecular flexibility index (Phi) is 2.82. The highest BCUT2D eigenvalue weighted by Gasteiger charge is 2.41. The smallest absolute Gasteiger partial charge is 0.313 e. The van der Waals surface area contributed by atoms with Gasteiger partial charge in [-0.3, -0.25) is 4.79 Å². The molecule has 2 aliphatic carbocycles. The van der Waals surface area contributed by atoms with Crippen molar-refractivity contribution in [3.05, 3.63) is 6.33 Å². The third-order valence-corrected chi connectivity index (χ3v) is 4.86. The van der Waals surface area contributed by atoms with Crippen LogP contribution in [0, 0.1) is 11.8 Å². The molecule has 0 amide bonds. The molecule has 5 nitrogen and oxygen atoms in total. The summed E-state index contributed by atoms with van der Waals surface area (Å²) >= 11 is 1.27. The lowest BCUT2D eigenvalue weighted by atomic mass is 9.95. The fourth-order valence-electron chi connectivity index (χ4n) is 3.24. The first-order chi connectivity index (χ1) is 8.24. The molecule has 2 bridgehead atoms. The van der Waals surface area contributed by atoms with Crippen LogP contribution in [0.15, 0.2) is 11.5 Å². The quantitative estimate of drug-likeness (QED) is 0.829. The number of nitrogens with zero attached hydrogens (tertiary/aromatic N) is 3. The molecule has 6 heteroatoms. The molecule has 1 aromatic heterocycles. The Balaban J connectivity index is 1.74. The van der Waals surface area contributed by atoms with Crippen LogP contribution in [0.1, 0.15) is 31.7 Å². The van der Waals surface area contributed by atoms with E-state index in [1.807, 2.05) is 0 Å². The van der Waals surface area contributed by atoms with E-state index in [1.165, 1.54) is 37.4 Å². The molecular formula is C11H15N3O2S. The Hall–Kier alpha value is -1.04. The van der Waals surface area contributed by atoms with E-state index in [4.69, 9.17) is 5.11 Å². The van der Waals surface area contributed by atoms with E-state index in [2.05, 4.69) is 14.8 Å². The van der Waals surface area contributed by atoms with Crippen LogP contribution >= 0.6 is 11.8 Å². The minimum atomic E-state index is -0.808. The zero-order valence-electron chi connectivity index (χ0n) is 9.45. The van der Waals surface area contributed by atoms with Crippen LogP contribution in [0.5, 0.6) is 0 Å². The van der Waals surface area contributed by atoms with E-state index in [-0.39, 0.29) is 5.75 Å². The summed E-state index contributed by atoms with van der Waals surface area (Å²) in [6.45, 7) is 0. The summed E-state index contributed by atoms with van der Waals surface area (Å²) in [5.74, 6) is 0.863. The second-order valence-corrected chi connectivity index (χ2v) is 5.89. The largest absolute Gasteiger partial charge is 0.481 e. The molecule has 0 aromatic carbocycles. The maximum Gasteiger partial charge on any atom is 0.313 e. The SMILES string of the molecule is O=C(O)CSc1nncn1C1CC2CCC1C2. The Morgan fingerprint density at radius 3 is 3.06 bits per heavy atom. The monoisotopic (exact) mass is 253 g/mol. The fraction of sp³-hybridized carbons (Fsp3) is 0.727. The summed E-state index contributed by atoms with van der Waals surface area (Å²) in [6, 6.07) is 0.500. The molecule has 2 aliphatic rings. The standard InChI is InChI=1S/C11H15N3O2S/c15-10(16)5-17-11-13-12-6-14(11)9-4-7-1-2-8(9)3-7/h6-9H,1-5H2,(H,15,16). The minimum absolute atomic E-state index is 0.0551. The first kappa shape index (κ1) is 11.1. The van der Waals surface area contributed by atoms with Crippen molar-refractivity contribution in [1.82, 2.24) is 14.8 Å². The molecule has 2 fully saturated rings. The van der Waals surface area contributed by atoms with E-state index in [0.29, 0.717) is 6.04 Å². The summed E-state index contributed by atoms with van der Waals surface area (Å²) in [7, 11) is 0. The molecule has 1 N–H and O–H groups in total. The normalized spacial score (nSPS) is 30.9. The Morgan fingerprint density at radius 1 is 1.53 bits per heavy atom. The van der Waals surface area contributed by atoms with E-state index < -0.39 is 5.97 Å². The first-order valence-corrected chi connectivity index (χ1v) is 6.96. The number of fused-ring (bicyclic) bond motifs is 2. The second-order valence-electron chi connectivity index (χ2n) is 4.95. The molecule has 0 radical (unpaired) electrons. The van der Waals surface area contributed by atoms with Crippen molar-refractivity contribution in [2.24, 2.45) is 11.8 Å².